The van der Waals surface area contributed by atoms with Crippen molar-refractivity contribution in [1.82, 2.24) is 0 Å². The summed E-state index contributed by atoms with van der Waals surface area (Å²) >= 11 is 3.18. The van der Waals surface area contributed by atoms with Crippen molar-refractivity contribution >= 4 is 39.6 Å². The molecular formula is C83H121BrNNaO13. The molecule has 0 aromatic rings. The van der Waals surface area contributed by atoms with Gasteiger partial charge in [0.25, 0.3) is 0 Å². The molecule has 0 heterocycles. The Labute approximate surface area is 630 Å². The van der Waals surface area contributed by atoms with E-state index in [2.05, 4.69) is 211 Å². The number of esters is 2. The molecule has 0 radical (unpaired) electrons. The minimum absolute atomic E-state index is 0. The molecule has 8 N–H and O–H groups in total. The van der Waals surface area contributed by atoms with Crippen molar-refractivity contribution in [3.05, 3.63) is 103 Å². The maximum atomic E-state index is 10.9. The van der Waals surface area contributed by atoms with Gasteiger partial charge < -0.3 is 51.2 Å². The van der Waals surface area contributed by atoms with Crippen LogP contribution in [0.4, 0.5) is 0 Å². The molecule has 14 nitrogen and oxygen atoms in total. The summed E-state index contributed by atoms with van der Waals surface area (Å²) in [5.41, 5.74) is 0. The molecule has 0 saturated carbocycles. The summed E-state index contributed by atoms with van der Waals surface area (Å²) in [5.74, 6) is 47.3. The zero-order chi connectivity index (χ0) is 73.5. The van der Waals surface area contributed by atoms with Crippen LogP contribution in [0.15, 0.2) is 97.2 Å². The molecule has 0 amide bonds. The average molecular weight is 1440 g/mol. The number of halogens is 1. The first-order valence-electron chi connectivity index (χ1n) is 34.6. The van der Waals surface area contributed by atoms with E-state index >= 15 is 0 Å². The second kappa shape index (κ2) is 108. The molecule has 16 heteroatoms. The number of carboxylic acids is 1. The minimum atomic E-state index is -0.721. The van der Waals surface area contributed by atoms with Crippen LogP contribution in [-0.4, -0.2) is 112 Å². The SMILES string of the molecule is C#CCC#CCCCCCO.COC(=O)CCC/C=C\C/C=C\C/C=C\C/C=C\CCCCCO.COC(=O)CCCC#CCC#CCC#CCC#CCCCCCO.O=C(CO)CCCC#CCC#CCBr.O=C(O)CCC/C=C\C/C=C\C/C=C\C/C=C\CCCCCO.[NH-]O.[Na+]. The summed E-state index contributed by atoms with van der Waals surface area (Å²) in [6.07, 6.45) is 72.2. The first-order valence-corrected chi connectivity index (χ1v) is 35.8. The van der Waals surface area contributed by atoms with E-state index in [0.717, 1.165) is 167 Å². The zero-order valence-corrected chi connectivity index (χ0v) is 64.2. The van der Waals surface area contributed by atoms with Crippen LogP contribution in [-0.2, 0) is 28.7 Å². The Balaban J connectivity index is -0.000000217. The smallest absolute Gasteiger partial charge is 0.553 e. The monoisotopic (exact) mass is 1440 g/mol. The standard InChI is InChI=1S/C21H34O3.C21H26O3.C20H32O3.C11H13BrO2.C10H14O.H2NO.Na/c2*1-24-21(23)19-17-15-13-11-9-7-5-3-2-4-6-8-10-12-14-16-18-20-22;21-19-17-15-13-11-9-7-5-3-1-2-4-6-8-10-12-14-16-18-20(22)23;12-9-7-5-3-1-2-4-6-8-11(14)10-13;1-2-3-4-5-6-7-8-9-10-11;1-2;/h2,4-5,7-8,10-11,13,22H,3,6,9,12,14-20H2,1H3;22H,3,6,9,12,14-20H2,1H3;1,3-4,6-7,9-10,12,21H,2,5,8,11,13-19H2,(H,22,23);13H,3-4,6,8-10H2;1,11H,3,6-10H2;1-2H;/q;;;;;-1;+1/b4-2-,7-5-,10-8-,13-11-;;3-1-,6-4-,9-7-,12-10-;;;;. The van der Waals surface area contributed by atoms with Gasteiger partial charge in [-0.25, -0.2) is 0 Å². The maximum absolute atomic E-state index is 10.9. The van der Waals surface area contributed by atoms with Crippen molar-refractivity contribution in [2.75, 3.05) is 52.6 Å². The molecule has 0 aliphatic carbocycles. The number of alkyl halides is 1. The van der Waals surface area contributed by atoms with E-state index in [1.165, 1.54) is 20.6 Å². The fourth-order valence-corrected chi connectivity index (χ4v) is 7.31. The quantitative estimate of drug-likeness (QED) is 0.00570. The van der Waals surface area contributed by atoms with Crippen molar-refractivity contribution in [3.8, 4) is 95.2 Å². The third kappa shape index (κ3) is 122. The van der Waals surface area contributed by atoms with Crippen molar-refractivity contribution in [2.45, 2.75) is 250 Å². The van der Waals surface area contributed by atoms with Crippen LogP contribution in [0.5, 0.6) is 0 Å². The number of Topliss-reactive ketones (excluding diaryl/α,β-unsaturated/α-hetero) is 1. The van der Waals surface area contributed by atoms with E-state index in [9.17, 15) is 19.2 Å². The van der Waals surface area contributed by atoms with Crippen molar-refractivity contribution in [3.63, 3.8) is 0 Å². The van der Waals surface area contributed by atoms with Crippen LogP contribution in [0.2, 0.25) is 0 Å². The number of hydrogen-bond acceptors (Lipinski definition) is 12. The third-order valence-corrected chi connectivity index (χ3v) is 12.6. The molecule has 0 aliphatic rings. The van der Waals surface area contributed by atoms with Crippen LogP contribution >= 0.6 is 15.9 Å². The van der Waals surface area contributed by atoms with Crippen LogP contribution in [0.3, 0.4) is 0 Å². The van der Waals surface area contributed by atoms with Gasteiger partial charge in [0.15, 0.2) is 5.78 Å². The normalized spacial score (nSPS) is 9.95. The van der Waals surface area contributed by atoms with Crippen molar-refractivity contribution in [1.29, 1.82) is 0 Å². The van der Waals surface area contributed by atoms with Gasteiger partial charge in [0, 0.05) is 77.8 Å². The maximum Gasteiger partial charge on any atom is 1.00 e. The van der Waals surface area contributed by atoms with Gasteiger partial charge in [0.1, 0.15) is 6.61 Å². The average Bonchev–Trinajstić information content (AvgIpc) is 3.69. The number of terminal acetylenes is 1. The van der Waals surface area contributed by atoms with E-state index in [0.29, 0.717) is 89.2 Å². The third-order valence-electron chi connectivity index (χ3n) is 12.4. The predicted octanol–water partition coefficient (Wildman–Crippen LogP) is 14.0. The van der Waals surface area contributed by atoms with E-state index in [1.54, 1.807) is 0 Å². The van der Waals surface area contributed by atoms with Crippen LogP contribution < -0.4 is 29.6 Å². The summed E-state index contributed by atoms with van der Waals surface area (Å²) in [4.78, 5) is 42.7. The number of aliphatic carboxylic acids is 1. The number of rotatable bonds is 45. The number of aliphatic hydroxyl groups excluding tert-OH is 5. The van der Waals surface area contributed by atoms with Crippen LogP contribution in [0.1, 0.15) is 250 Å². The van der Waals surface area contributed by atoms with Gasteiger partial charge in [0.05, 0.1) is 51.7 Å². The molecule has 544 valence electrons. The van der Waals surface area contributed by atoms with Gasteiger partial charge in [0.2, 0.25) is 0 Å². The van der Waals surface area contributed by atoms with Gasteiger partial charge in [-0.1, -0.05) is 204 Å². The van der Waals surface area contributed by atoms with Gasteiger partial charge in [-0.15, -0.1) is 30.1 Å². The Morgan fingerprint density at radius 1 is 0.354 bits per heavy atom. The fourth-order valence-electron chi connectivity index (χ4n) is 7.11. The molecule has 99 heavy (non-hydrogen) atoms. The molecule has 0 atom stereocenters. The summed E-state index contributed by atoms with van der Waals surface area (Å²) in [5, 5.41) is 58.2. The summed E-state index contributed by atoms with van der Waals surface area (Å²) in [6, 6.07) is 0. The molecule has 0 aromatic carbocycles. The van der Waals surface area contributed by atoms with Crippen LogP contribution in [0, 0.1) is 95.2 Å². The molecule has 0 aliphatic heterocycles. The molecule has 0 rings (SSSR count). The van der Waals surface area contributed by atoms with E-state index < -0.39 is 5.97 Å². The van der Waals surface area contributed by atoms with Crippen molar-refractivity contribution < 1.29 is 94.1 Å². The molecule has 0 spiro atoms. The van der Waals surface area contributed by atoms with Gasteiger partial charge in [-0.2, -0.15) is 0 Å². The molecule has 0 fully saturated rings. The summed E-state index contributed by atoms with van der Waals surface area (Å²) in [7, 11) is 2.81. The Kier molecular flexibility index (Phi) is 115. The Hall–Kier alpha value is -6.32. The van der Waals surface area contributed by atoms with E-state index in [-0.39, 0.29) is 73.5 Å². The molecule has 0 bridgehead atoms. The Morgan fingerprint density at radius 3 is 0.939 bits per heavy atom. The number of allylic oxidation sites excluding steroid dienone is 16. The van der Waals surface area contributed by atoms with Crippen LogP contribution in [0.25, 0.3) is 5.90 Å². The zero-order valence-electron chi connectivity index (χ0n) is 60.6. The Bertz CT molecular complexity index is 2620. The number of nitrogens with one attached hydrogen (secondary N) is 1. The van der Waals surface area contributed by atoms with Gasteiger partial charge >= 0.3 is 47.5 Å². The molecule has 0 aromatic heterocycles. The number of carbonyl (C=O) groups is 4. The number of carboxylic acid groups (broad SMARTS) is 1. The Morgan fingerprint density at radius 2 is 0.626 bits per heavy atom. The first kappa shape index (κ1) is 106. The van der Waals surface area contributed by atoms with E-state index in [1.807, 2.05) is 0 Å². The topological polar surface area (TPSA) is 252 Å². The van der Waals surface area contributed by atoms with Gasteiger partial charge in [-0.3, -0.25) is 19.2 Å². The van der Waals surface area contributed by atoms with Gasteiger partial charge in [-0.05, 0) is 141 Å². The predicted molar refractivity (Wildman–Crippen MR) is 408 cm³/mol. The number of carbonyl (C=O) groups excluding carboxylic acids is 3. The molecule has 0 unspecified atom stereocenters. The van der Waals surface area contributed by atoms with Crippen molar-refractivity contribution in [2.24, 2.45) is 0 Å². The number of unbranched alkanes of at least 4 members (excludes halogenated alkanes) is 16. The number of methoxy groups -OCH3 is 2. The largest absolute Gasteiger partial charge is 1.00 e. The molecule has 0 saturated heterocycles. The minimum Gasteiger partial charge on any atom is -0.553 e. The number of aliphatic hydroxyl groups is 5. The summed E-state index contributed by atoms with van der Waals surface area (Å²) < 4.78 is 9.13. The first-order chi connectivity index (χ1) is 48.1. The molecular weight excluding hydrogens is 1320 g/mol. The number of ether oxygens (including phenoxy) is 2. The summed E-state index contributed by atoms with van der Waals surface area (Å²) in [6.45, 7) is 0.814. The second-order valence-electron chi connectivity index (χ2n) is 20.8. The number of ketones is 1. The number of hydrogen-bond donors (Lipinski definition) is 7. The fraction of sp³-hybridized carbons (Fsp3) is 0.566. The van der Waals surface area contributed by atoms with E-state index in [4.69, 9.17) is 48.2 Å². The second-order valence-corrected chi connectivity index (χ2v) is 21.4.